The number of carbonyl (C=O) groups is 2. The van der Waals surface area contributed by atoms with Gasteiger partial charge in [0.05, 0.1) is 5.69 Å². The summed E-state index contributed by atoms with van der Waals surface area (Å²) < 4.78 is 1.86. The van der Waals surface area contributed by atoms with Crippen LogP contribution >= 0.6 is 11.6 Å². The molecule has 4 rings (SSSR count). The Labute approximate surface area is 228 Å². The number of nitrogens with zero attached hydrogens (tertiary/aromatic N) is 4. The molecule has 0 spiro atoms. The predicted molar refractivity (Wildman–Crippen MR) is 153 cm³/mol. The lowest BCUT2D eigenvalue weighted by atomic mass is 10.1. The third-order valence-corrected chi connectivity index (χ3v) is 6.58. The van der Waals surface area contributed by atoms with Crippen LogP contribution in [0.3, 0.4) is 0 Å². The molecule has 0 saturated heterocycles. The number of likely N-dealkylation sites (N-methyl/N-ethyl adjacent to an activating group) is 1. The van der Waals surface area contributed by atoms with Crippen molar-refractivity contribution in [3.05, 3.63) is 101 Å². The normalized spacial score (nSPS) is 11.0. The van der Waals surface area contributed by atoms with Gasteiger partial charge in [-0.3, -0.25) is 19.5 Å². The summed E-state index contributed by atoms with van der Waals surface area (Å²) in [6, 6.07) is 22.5. The first-order valence-electron chi connectivity index (χ1n) is 12.4. The standard InChI is InChI=1S/C30H32ClN5O2/c1-21-10-15-26(18-22(21)2)36-19-27(23-11-13-25(31)14-12-23)32-30(36)33-28(37)20-35(17-16-34(3)4)29(38)24-8-6-5-7-9-24/h5-15,18-19H,16-17,20H2,1-4H3,(H,32,33,37). The van der Waals surface area contributed by atoms with E-state index in [9.17, 15) is 9.59 Å². The minimum absolute atomic E-state index is 0.0996. The zero-order valence-electron chi connectivity index (χ0n) is 22.1. The molecule has 0 radical (unpaired) electrons. The van der Waals surface area contributed by atoms with Crippen molar-refractivity contribution in [2.75, 3.05) is 39.0 Å². The van der Waals surface area contributed by atoms with Gasteiger partial charge in [-0.2, -0.15) is 0 Å². The van der Waals surface area contributed by atoms with E-state index in [4.69, 9.17) is 16.6 Å². The number of imidazole rings is 1. The molecule has 0 fully saturated rings. The van der Waals surface area contributed by atoms with E-state index in [1.165, 1.54) is 5.56 Å². The number of carbonyl (C=O) groups excluding carboxylic acids is 2. The van der Waals surface area contributed by atoms with Crippen molar-refractivity contribution in [3.63, 3.8) is 0 Å². The summed E-state index contributed by atoms with van der Waals surface area (Å²) in [5.74, 6) is -0.142. The molecule has 1 N–H and O–H groups in total. The van der Waals surface area contributed by atoms with Gasteiger partial charge < -0.3 is 9.80 Å². The summed E-state index contributed by atoms with van der Waals surface area (Å²) in [4.78, 5) is 34.8. The second kappa shape index (κ2) is 12.1. The van der Waals surface area contributed by atoms with Crippen molar-refractivity contribution in [2.45, 2.75) is 13.8 Å². The topological polar surface area (TPSA) is 70.5 Å². The molecule has 38 heavy (non-hydrogen) atoms. The molecule has 196 valence electrons. The summed E-state index contributed by atoms with van der Waals surface area (Å²) >= 11 is 6.08. The fraction of sp³-hybridized carbons (Fsp3) is 0.233. The SMILES string of the molecule is Cc1ccc(-n2cc(-c3ccc(Cl)cc3)nc2NC(=O)CN(CCN(C)C)C(=O)c2ccccc2)cc1C. The van der Waals surface area contributed by atoms with Crippen LogP contribution in [0.2, 0.25) is 5.02 Å². The van der Waals surface area contributed by atoms with Crippen molar-refractivity contribution in [3.8, 4) is 16.9 Å². The summed E-state index contributed by atoms with van der Waals surface area (Å²) in [5, 5.41) is 3.58. The van der Waals surface area contributed by atoms with Crippen molar-refractivity contribution >= 4 is 29.4 Å². The number of nitrogens with one attached hydrogen (secondary N) is 1. The van der Waals surface area contributed by atoms with Crippen LogP contribution in [-0.4, -0.2) is 64.9 Å². The number of halogens is 1. The van der Waals surface area contributed by atoms with Crippen molar-refractivity contribution < 1.29 is 9.59 Å². The maximum atomic E-state index is 13.3. The molecular formula is C30H32ClN5O2. The highest BCUT2D eigenvalue weighted by molar-refractivity contribution is 6.30. The highest BCUT2D eigenvalue weighted by Gasteiger charge is 2.21. The number of rotatable bonds is 9. The molecule has 0 bridgehead atoms. The maximum Gasteiger partial charge on any atom is 0.254 e. The number of hydrogen-bond acceptors (Lipinski definition) is 4. The third kappa shape index (κ3) is 6.68. The molecular weight excluding hydrogens is 498 g/mol. The second-order valence-corrected chi connectivity index (χ2v) is 9.98. The van der Waals surface area contributed by atoms with Gasteiger partial charge in [0.15, 0.2) is 0 Å². The number of benzene rings is 3. The van der Waals surface area contributed by atoms with E-state index in [-0.39, 0.29) is 18.4 Å². The molecule has 1 heterocycles. The number of aromatic nitrogens is 2. The molecule has 7 nitrogen and oxygen atoms in total. The molecule has 8 heteroatoms. The highest BCUT2D eigenvalue weighted by Crippen LogP contribution is 2.26. The monoisotopic (exact) mass is 529 g/mol. The van der Waals surface area contributed by atoms with Crippen LogP contribution in [0.25, 0.3) is 16.9 Å². The number of aryl methyl sites for hydroxylation is 2. The van der Waals surface area contributed by atoms with Crippen LogP contribution in [0.5, 0.6) is 0 Å². The largest absolute Gasteiger partial charge is 0.328 e. The molecule has 0 saturated carbocycles. The molecule has 0 unspecified atom stereocenters. The van der Waals surface area contributed by atoms with Gasteiger partial charge in [-0.15, -0.1) is 0 Å². The zero-order valence-corrected chi connectivity index (χ0v) is 22.9. The highest BCUT2D eigenvalue weighted by atomic mass is 35.5. The van der Waals surface area contributed by atoms with Crippen LogP contribution in [0.1, 0.15) is 21.5 Å². The minimum Gasteiger partial charge on any atom is -0.328 e. The Morgan fingerprint density at radius 3 is 2.29 bits per heavy atom. The third-order valence-electron chi connectivity index (χ3n) is 6.33. The number of hydrogen-bond donors (Lipinski definition) is 1. The van der Waals surface area contributed by atoms with Crippen molar-refractivity contribution in [1.82, 2.24) is 19.4 Å². The van der Waals surface area contributed by atoms with Gasteiger partial charge in [0, 0.05) is 41.1 Å². The lowest BCUT2D eigenvalue weighted by Crippen LogP contribution is -2.41. The van der Waals surface area contributed by atoms with Gasteiger partial charge in [0.25, 0.3) is 5.91 Å². The Hall–Kier alpha value is -3.94. The van der Waals surface area contributed by atoms with Crippen LogP contribution in [0, 0.1) is 13.8 Å². The maximum absolute atomic E-state index is 13.3. The molecule has 1 aromatic heterocycles. The van der Waals surface area contributed by atoms with E-state index >= 15 is 0 Å². The molecule has 0 aliphatic heterocycles. The Kier molecular flexibility index (Phi) is 8.61. The Bertz CT molecular complexity index is 1410. The number of anilines is 1. The zero-order chi connectivity index (χ0) is 27.2. The Balaban J connectivity index is 1.63. The van der Waals surface area contributed by atoms with Gasteiger partial charge >= 0.3 is 0 Å². The minimum atomic E-state index is -0.327. The van der Waals surface area contributed by atoms with E-state index in [0.29, 0.717) is 35.3 Å². The first-order valence-corrected chi connectivity index (χ1v) is 12.8. The van der Waals surface area contributed by atoms with Crippen LogP contribution in [0.15, 0.2) is 79.0 Å². The first-order chi connectivity index (χ1) is 18.2. The van der Waals surface area contributed by atoms with Gasteiger partial charge in [0.2, 0.25) is 11.9 Å². The van der Waals surface area contributed by atoms with Gasteiger partial charge in [-0.1, -0.05) is 48.0 Å². The summed E-state index contributed by atoms with van der Waals surface area (Å²) in [5.41, 5.74) is 5.29. The van der Waals surface area contributed by atoms with E-state index in [0.717, 1.165) is 16.8 Å². The lowest BCUT2D eigenvalue weighted by molar-refractivity contribution is -0.117. The smallest absolute Gasteiger partial charge is 0.254 e. The van der Waals surface area contributed by atoms with Crippen LogP contribution < -0.4 is 5.32 Å². The second-order valence-electron chi connectivity index (χ2n) is 9.54. The molecule has 0 atom stereocenters. The Morgan fingerprint density at radius 1 is 0.921 bits per heavy atom. The van der Waals surface area contributed by atoms with E-state index in [2.05, 4.69) is 18.3 Å². The number of amides is 2. The lowest BCUT2D eigenvalue weighted by Gasteiger charge is -2.24. The molecule has 0 aliphatic carbocycles. The fourth-order valence-corrected chi connectivity index (χ4v) is 4.10. The first kappa shape index (κ1) is 27.1. The van der Waals surface area contributed by atoms with E-state index in [1.54, 1.807) is 17.0 Å². The summed E-state index contributed by atoms with van der Waals surface area (Å²) in [6.07, 6.45) is 1.89. The van der Waals surface area contributed by atoms with Gasteiger partial charge in [-0.25, -0.2) is 4.98 Å². The molecule has 2 amide bonds. The van der Waals surface area contributed by atoms with E-state index < -0.39 is 0 Å². The molecule has 4 aromatic rings. The van der Waals surface area contributed by atoms with E-state index in [1.807, 2.05) is 91.3 Å². The van der Waals surface area contributed by atoms with Crippen LogP contribution in [-0.2, 0) is 4.79 Å². The average Bonchev–Trinajstić information content (AvgIpc) is 3.32. The predicted octanol–water partition coefficient (Wildman–Crippen LogP) is 5.45. The van der Waals surface area contributed by atoms with Crippen molar-refractivity contribution in [2.24, 2.45) is 0 Å². The Morgan fingerprint density at radius 2 is 1.63 bits per heavy atom. The molecule has 3 aromatic carbocycles. The summed E-state index contributed by atoms with van der Waals surface area (Å²) in [7, 11) is 3.87. The van der Waals surface area contributed by atoms with Gasteiger partial charge in [-0.05, 0) is 75.5 Å². The van der Waals surface area contributed by atoms with Gasteiger partial charge in [0.1, 0.15) is 6.54 Å². The average molecular weight is 530 g/mol. The van der Waals surface area contributed by atoms with Crippen LogP contribution in [0.4, 0.5) is 5.95 Å². The van der Waals surface area contributed by atoms with Crippen molar-refractivity contribution in [1.29, 1.82) is 0 Å². The molecule has 0 aliphatic rings. The fourth-order valence-electron chi connectivity index (χ4n) is 3.97. The quantitative estimate of drug-likeness (QED) is 0.313. The summed E-state index contributed by atoms with van der Waals surface area (Å²) in [6.45, 7) is 5.05.